The second kappa shape index (κ2) is 7.91. The number of anilines is 1. The van der Waals surface area contributed by atoms with Crippen molar-refractivity contribution in [3.63, 3.8) is 0 Å². The Labute approximate surface area is 182 Å². The van der Waals surface area contributed by atoms with Crippen molar-refractivity contribution >= 4 is 17.2 Å². The summed E-state index contributed by atoms with van der Waals surface area (Å²) in [6, 6.07) is 12.0. The predicted molar refractivity (Wildman–Crippen MR) is 118 cm³/mol. The molecule has 0 bridgehead atoms. The van der Waals surface area contributed by atoms with E-state index >= 15 is 0 Å². The van der Waals surface area contributed by atoms with E-state index in [0.717, 1.165) is 47.8 Å². The molecule has 0 saturated carbocycles. The minimum atomic E-state index is -0.591. The smallest absolute Gasteiger partial charge is 0.189 e. The van der Waals surface area contributed by atoms with Crippen LogP contribution in [0.25, 0.3) is 33.3 Å². The lowest BCUT2D eigenvalue weighted by molar-refractivity contribution is 0.375. The molecular weight excluding hydrogens is 410 g/mol. The van der Waals surface area contributed by atoms with Gasteiger partial charge in [-0.05, 0) is 49.5 Å². The number of pyridine rings is 1. The van der Waals surface area contributed by atoms with Crippen LogP contribution in [-0.4, -0.2) is 33.2 Å². The van der Waals surface area contributed by atoms with E-state index in [9.17, 15) is 5.26 Å². The Morgan fingerprint density at radius 2 is 2.03 bits per heavy atom. The van der Waals surface area contributed by atoms with Crippen LogP contribution in [-0.2, 0) is 5.41 Å². The molecule has 1 aliphatic rings. The molecule has 3 N–H and O–H groups in total. The summed E-state index contributed by atoms with van der Waals surface area (Å²) in [4.78, 5) is 14.5. The van der Waals surface area contributed by atoms with Crippen molar-refractivity contribution in [2.24, 2.45) is 0 Å². The minimum Gasteiger partial charge on any atom is -0.382 e. The Bertz CT molecular complexity index is 1250. The van der Waals surface area contributed by atoms with Gasteiger partial charge in [0, 0.05) is 17.8 Å². The van der Waals surface area contributed by atoms with Crippen LogP contribution in [0.4, 0.5) is 5.82 Å². The highest BCUT2D eigenvalue weighted by atomic mass is 32.1. The number of aromatic nitrogens is 4. The maximum absolute atomic E-state index is 9.89. The standard InChI is InChI=1S/C22H19N7OS/c23-13-22(4-7-25-8-5-22)19-10-14(3-6-26-19)16-12-27-21(24)20(28-16)17-11-15(29-30-17)18-2-1-9-31-18/h1-3,6,9-12,25H,4-5,7-8H2,(H2,24,27). The molecule has 4 aromatic heterocycles. The molecule has 4 aromatic rings. The molecule has 0 atom stereocenters. The maximum Gasteiger partial charge on any atom is 0.189 e. The first kappa shape index (κ1) is 19.4. The van der Waals surface area contributed by atoms with E-state index in [4.69, 9.17) is 15.2 Å². The van der Waals surface area contributed by atoms with E-state index in [2.05, 4.69) is 26.5 Å². The molecule has 0 amide bonds. The number of hydrogen-bond acceptors (Lipinski definition) is 9. The van der Waals surface area contributed by atoms with Crippen molar-refractivity contribution < 1.29 is 4.52 Å². The fourth-order valence-corrected chi connectivity index (χ4v) is 4.45. The number of thiophene rings is 1. The van der Waals surface area contributed by atoms with E-state index in [1.165, 1.54) is 0 Å². The Hall–Kier alpha value is -3.61. The van der Waals surface area contributed by atoms with Crippen LogP contribution in [0.3, 0.4) is 0 Å². The monoisotopic (exact) mass is 429 g/mol. The molecule has 154 valence electrons. The predicted octanol–water partition coefficient (Wildman–Crippen LogP) is 3.65. The van der Waals surface area contributed by atoms with Crippen LogP contribution in [0.15, 0.2) is 52.6 Å². The molecule has 0 radical (unpaired) electrons. The van der Waals surface area contributed by atoms with Gasteiger partial charge in [-0.2, -0.15) is 5.26 Å². The van der Waals surface area contributed by atoms with E-state index in [1.54, 1.807) is 23.7 Å². The largest absolute Gasteiger partial charge is 0.382 e. The second-order valence-electron chi connectivity index (χ2n) is 7.42. The van der Waals surface area contributed by atoms with Crippen molar-refractivity contribution in [1.29, 1.82) is 5.26 Å². The van der Waals surface area contributed by atoms with Crippen molar-refractivity contribution in [3.05, 3.63) is 53.8 Å². The zero-order valence-electron chi connectivity index (χ0n) is 16.6. The van der Waals surface area contributed by atoms with Crippen molar-refractivity contribution in [2.45, 2.75) is 18.3 Å². The molecule has 1 aliphatic heterocycles. The van der Waals surface area contributed by atoms with Crippen LogP contribution in [0.5, 0.6) is 0 Å². The molecular formula is C22H19N7OS. The summed E-state index contributed by atoms with van der Waals surface area (Å²) in [7, 11) is 0. The van der Waals surface area contributed by atoms with Gasteiger partial charge in [-0.3, -0.25) is 4.98 Å². The first-order valence-corrected chi connectivity index (χ1v) is 10.8. The third-order valence-electron chi connectivity index (χ3n) is 5.54. The number of rotatable bonds is 4. The van der Waals surface area contributed by atoms with Gasteiger partial charge in [-0.1, -0.05) is 11.2 Å². The Balaban J connectivity index is 1.52. The summed E-state index contributed by atoms with van der Waals surface area (Å²) >= 11 is 1.58. The quantitative estimate of drug-likeness (QED) is 0.503. The molecule has 8 nitrogen and oxygen atoms in total. The molecule has 5 heterocycles. The van der Waals surface area contributed by atoms with Gasteiger partial charge in [0.2, 0.25) is 0 Å². The summed E-state index contributed by atoms with van der Waals surface area (Å²) in [6.07, 6.45) is 4.78. The molecule has 0 spiro atoms. The summed E-state index contributed by atoms with van der Waals surface area (Å²) in [6.45, 7) is 1.59. The number of nitrogens with two attached hydrogens (primary N) is 1. The van der Waals surface area contributed by atoms with E-state index in [0.29, 0.717) is 17.1 Å². The minimum absolute atomic E-state index is 0.263. The summed E-state index contributed by atoms with van der Waals surface area (Å²) in [5.41, 5.74) is 8.88. The highest BCUT2D eigenvalue weighted by molar-refractivity contribution is 7.13. The van der Waals surface area contributed by atoms with Crippen LogP contribution >= 0.6 is 11.3 Å². The summed E-state index contributed by atoms with van der Waals surface area (Å²) < 4.78 is 5.51. The highest BCUT2D eigenvalue weighted by Crippen LogP contribution is 2.34. The third kappa shape index (κ3) is 3.56. The first-order valence-electron chi connectivity index (χ1n) is 9.91. The zero-order chi connectivity index (χ0) is 21.3. The SMILES string of the molecule is N#CC1(c2cc(-c3cnc(N)c(-c4cc(-c5cccs5)no4)n3)ccn2)CCNCC1. The van der Waals surface area contributed by atoms with Gasteiger partial charge in [0.15, 0.2) is 17.3 Å². The molecule has 9 heteroatoms. The molecule has 1 saturated heterocycles. The van der Waals surface area contributed by atoms with Gasteiger partial charge in [-0.25, -0.2) is 9.97 Å². The van der Waals surface area contributed by atoms with Gasteiger partial charge < -0.3 is 15.6 Å². The number of piperidine rings is 1. The average Bonchev–Trinajstić information content (AvgIpc) is 3.52. The van der Waals surface area contributed by atoms with E-state index in [1.807, 2.05) is 35.7 Å². The summed E-state index contributed by atoms with van der Waals surface area (Å²) in [5.74, 6) is 0.718. The number of nitrogens with one attached hydrogen (secondary N) is 1. The lowest BCUT2D eigenvalue weighted by Gasteiger charge is -2.30. The molecule has 5 rings (SSSR count). The first-order chi connectivity index (χ1) is 15.2. The average molecular weight is 430 g/mol. The Kier molecular flexibility index (Phi) is 4.94. The van der Waals surface area contributed by atoms with Gasteiger partial charge in [-0.15, -0.1) is 11.3 Å². The molecule has 0 aliphatic carbocycles. The van der Waals surface area contributed by atoms with E-state index < -0.39 is 5.41 Å². The van der Waals surface area contributed by atoms with Gasteiger partial charge in [0.1, 0.15) is 11.1 Å². The van der Waals surface area contributed by atoms with Gasteiger partial charge in [0.05, 0.1) is 28.5 Å². The third-order valence-corrected chi connectivity index (χ3v) is 6.43. The van der Waals surface area contributed by atoms with Gasteiger partial charge >= 0.3 is 0 Å². The molecule has 0 aromatic carbocycles. The molecule has 31 heavy (non-hydrogen) atoms. The Morgan fingerprint density at radius 3 is 2.81 bits per heavy atom. The highest BCUT2D eigenvalue weighted by Gasteiger charge is 2.35. The fourth-order valence-electron chi connectivity index (χ4n) is 3.78. The maximum atomic E-state index is 9.89. The van der Waals surface area contributed by atoms with Crippen LogP contribution in [0.2, 0.25) is 0 Å². The number of hydrogen-bond donors (Lipinski definition) is 2. The van der Waals surface area contributed by atoms with Crippen molar-refractivity contribution in [1.82, 2.24) is 25.4 Å². The van der Waals surface area contributed by atoms with Crippen molar-refractivity contribution in [3.8, 4) is 39.4 Å². The van der Waals surface area contributed by atoms with E-state index in [-0.39, 0.29) is 5.82 Å². The molecule has 1 fully saturated rings. The van der Waals surface area contributed by atoms with Crippen LogP contribution in [0.1, 0.15) is 18.5 Å². The van der Waals surface area contributed by atoms with Gasteiger partial charge in [0.25, 0.3) is 0 Å². The number of nitriles is 1. The zero-order valence-corrected chi connectivity index (χ0v) is 17.4. The number of nitrogens with zero attached hydrogens (tertiary/aromatic N) is 5. The Morgan fingerprint density at radius 1 is 1.16 bits per heavy atom. The van der Waals surface area contributed by atoms with Crippen LogP contribution < -0.4 is 11.1 Å². The lowest BCUT2D eigenvalue weighted by Crippen LogP contribution is -2.39. The summed E-state index contributed by atoms with van der Waals surface area (Å²) in [5, 5.41) is 19.3. The second-order valence-corrected chi connectivity index (χ2v) is 8.36. The van der Waals surface area contributed by atoms with Crippen LogP contribution in [0, 0.1) is 11.3 Å². The number of nitrogen functional groups attached to an aromatic ring is 1. The molecule has 0 unspecified atom stereocenters. The topological polar surface area (TPSA) is 127 Å². The fraction of sp³-hybridized carbons (Fsp3) is 0.227. The normalized spacial score (nSPS) is 15.5. The lowest BCUT2D eigenvalue weighted by atomic mass is 9.77. The van der Waals surface area contributed by atoms with Crippen molar-refractivity contribution in [2.75, 3.05) is 18.8 Å².